The number of nitrogens with zero attached hydrogens (tertiary/aromatic N) is 1. The number of esters is 1. The molecular weight excluding hydrogens is 254 g/mol. The van der Waals surface area contributed by atoms with Gasteiger partial charge in [0, 0.05) is 13.0 Å². The Bertz CT molecular complexity index is 431. The molecule has 0 saturated heterocycles. The molecule has 0 atom stereocenters. The first kappa shape index (κ1) is 14.4. The van der Waals surface area contributed by atoms with Crippen LogP contribution in [-0.2, 0) is 9.53 Å². The van der Waals surface area contributed by atoms with Gasteiger partial charge in [-0.2, -0.15) is 4.37 Å². The Morgan fingerprint density at radius 1 is 1.50 bits per heavy atom. The summed E-state index contributed by atoms with van der Waals surface area (Å²) in [5, 5.41) is 3.75. The normalized spacial score (nSPS) is 10.1. The summed E-state index contributed by atoms with van der Waals surface area (Å²) in [7, 11) is 0. The molecule has 1 amide bonds. The maximum atomic E-state index is 11.7. The molecule has 0 saturated carbocycles. The summed E-state index contributed by atoms with van der Waals surface area (Å²) in [6, 6.07) is 0. The third kappa shape index (κ3) is 3.99. The number of nitrogens with one attached hydrogen (secondary N) is 1. The SMILES string of the molecule is CCOC(=O)c1c(C)nsc1NCCCC(N)=O. The van der Waals surface area contributed by atoms with Crippen molar-refractivity contribution >= 4 is 28.4 Å². The molecule has 0 spiro atoms. The lowest BCUT2D eigenvalue weighted by Gasteiger charge is -2.06. The lowest BCUT2D eigenvalue weighted by atomic mass is 10.2. The fourth-order valence-corrected chi connectivity index (χ4v) is 2.21. The monoisotopic (exact) mass is 271 g/mol. The average molecular weight is 271 g/mol. The quantitative estimate of drug-likeness (QED) is 0.576. The number of hydrogen-bond acceptors (Lipinski definition) is 6. The second kappa shape index (κ2) is 6.95. The van der Waals surface area contributed by atoms with Gasteiger partial charge < -0.3 is 15.8 Å². The summed E-state index contributed by atoms with van der Waals surface area (Å²) < 4.78 is 9.09. The zero-order valence-electron chi connectivity index (χ0n) is 10.5. The molecule has 1 aromatic rings. The van der Waals surface area contributed by atoms with Gasteiger partial charge in [-0.15, -0.1) is 0 Å². The molecule has 1 heterocycles. The van der Waals surface area contributed by atoms with E-state index in [2.05, 4.69) is 9.69 Å². The van der Waals surface area contributed by atoms with Crippen LogP contribution in [0.3, 0.4) is 0 Å². The van der Waals surface area contributed by atoms with Crippen LogP contribution in [0.15, 0.2) is 0 Å². The van der Waals surface area contributed by atoms with E-state index in [1.165, 1.54) is 11.5 Å². The molecule has 0 unspecified atom stereocenters. The van der Waals surface area contributed by atoms with E-state index in [0.717, 1.165) is 0 Å². The van der Waals surface area contributed by atoms with E-state index < -0.39 is 0 Å². The van der Waals surface area contributed by atoms with Crippen molar-refractivity contribution in [3.05, 3.63) is 11.3 Å². The highest BCUT2D eigenvalue weighted by Gasteiger charge is 2.19. The Hall–Kier alpha value is -1.63. The van der Waals surface area contributed by atoms with Crippen LogP contribution in [0.25, 0.3) is 0 Å². The topological polar surface area (TPSA) is 94.3 Å². The van der Waals surface area contributed by atoms with Crippen molar-refractivity contribution in [3.8, 4) is 0 Å². The molecule has 100 valence electrons. The Morgan fingerprint density at radius 3 is 2.83 bits per heavy atom. The second-order valence-corrected chi connectivity index (χ2v) is 4.46. The second-order valence-electron chi connectivity index (χ2n) is 3.69. The largest absolute Gasteiger partial charge is 0.462 e. The van der Waals surface area contributed by atoms with Gasteiger partial charge in [0.15, 0.2) is 0 Å². The summed E-state index contributed by atoms with van der Waals surface area (Å²) >= 11 is 1.21. The number of carbonyl (C=O) groups excluding carboxylic acids is 2. The van der Waals surface area contributed by atoms with Gasteiger partial charge in [-0.1, -0.05) is 0 Å². The van der Waals surface area contributed by atoms with Crippen molar-refractivity contribution in [2.24, 2.45) is 5.73 Å². The van der Waals surface area contributed by atoms with Crippen molar-refractivity contribution in [1.29, 1.82) is 0 Å². The molecule has 18 heavy (non-hydrogen) atoms. The van der Waals surface area contributed by atoms with Gasteiger partial charge in [-0.05, 0) is 31.8 Å². The minimum absolute atomic E-state index is 0.319. The van der Waals surface area contributed by atoms with Gasteiger partial charge in [0.1, 0.15) is 10.6 Å². The predicted molar refractivity (Wildman–Crippen MR) is 69.7 cm³/mol. The van der Waals surface area contributed by atoms with E-state index >= 15 is 0 Å². The van der Waals surface area contributed by atoms with Crippen LogP contribution in [0.4, 0.5) is 5.00 Å². The Morgan fingerprint density at radius 2 is 2.22 bits per heavy atom. The van der Waals surface area contributed by atoms with E-state index in [1.54, 1.807) is 13.8 Å². The Labute approximate surface area is 110 Å². The van der Waals surface area contributed by atoms with Gasteiger partial charge in [0.25, 0.3) is 0 Å². The number of primary amides is 1. The van der Waals surface area contributed by atoms with E-state index in [9.17, 15) is 9.59 Å². The Balaban J connectivity index is 2.60. The predicted octanol–water partition coefficient (Wildman–Crippen LogP) is 1.31. The number of carbonyl (C=O) groups is 2. The molecule has 1 rings (SSSR count). The van der Waals surface area contributed by atoms with Crippen LogP contribution >= 0.6 is 11.5 Å². The fourth-order valence-electron chi connectivity index (χ4n) is 1.40. The van der Waals surface area contributed by atoms with Crippen molar-refractivity contribution in [3.63, 3.8) is 0 Å². The molecule has 0 radical (unpaired) electrons. The van der Waals surface area contributed by atoms with Crippen molar-refractivity contribution < 1.29 is 14.3 Å². The third-order valence-electron chi connectivity index (χ3n) is 2.23. The fraction of sp³-hybridized carbons (Fsp3) is 0.545. The molecule has 0 aromatic carbocycles. The van der Waals surface area contributed by atoms with Crippen LogP contribution < -0.4 is 11.1 Å². The first-order valence-electron chi connectivity index (χ1n) is 5.71. The van der Waals surface area contributed by atoms with Gasteiger partial charge in [-0.3, -0.25) is 4.79 Å². The Kier molecular flexibility index (Phi) is 5.57. The average Bonchev–Trinajstić information content (AvgIpc) is 2.66. The third-order valence-corrected chi connectivity index (χ3v) is 3.12. The zero-order chi connectivity index (χ0) is 13.5. The number of rotatable bonds is 7. The summed E-state index contributed by atoms with van der Waals surface area (Å²) in [6.45, 7) is 4.41. The van der Waals surface area contributed by atoms with E-state index in [1.807, 2.05) is 0 Å². The molecule has 0 bridgehead atoms. The lowest BCUT2D eigenvalue weighted by molar-refractivity contribution is -0.118. The highest BCUT2D eigenvalue weighted by molar-refractivity contribution is 7.10. The zero-order valence-corrected chi connectivity index (χ0v) is 11.3. The number of anilines is 1. The smallest absolute Gasteiger partial charge is 0.343 e. The van der Waals surface area contributed by atoms with Gasteiger partial charge >= 0.3 is 5.97 Å². The molecule has 0 fully saturated rings. The van der Waals surface area contributed by atoms with Crippen molar-refractivity contribution in [1.82, 2.24) is 4.37 Å². The molecule has 0 aliphatic rings. The molecule has 0 aliphatic heterocycles. The van der Waals surface area contributed by atoms with Crippen LogP contribution in [0, 0.1) is 6.92 Å². The highest BCUT2D eigenvalue weighted by Crippen LogP contribution is 2.25. The minimum Gasteiger partial charge on any atom is -0.462 e. The number of nitrogens with two attached hydrogens (primary N) is 1. The molecule has 3 N–H and O–H groups in total. The number of aryl methyl sites for hydroxylation is 1. The molecule has 1 aromatic heterocycles. The first-order chi connectivity index (χ1) is 8.56. The van der Waals surface area contributed by atoms with Crippen LogP contribution in [0.2, 0.25) is 0 Å². The summed E-state index contributed by atoms with van der Waals surface area (Å²) in [4.78, 5) is 22.3. The maximum absolute atomic E-state index is 11.7. The molecule has 7 heteroatoms. The summed E-state index contributed by atoms with van der Waals surface area (Å²) in [5.74, 6) is -0.705. The van der Waals surface area contributed by atoms with Gasteiger partial charge in [0.2, 0.25) is 5.91 Å². The highest BCUT2D eigenvalue weighted by atomic mass is 32.1. The summed E-state index contributed by atoms with van der Waals surface area (Å²) in [5.41, 5.74) is 6.17. The van der Waals surface area contributed by atoms with E-state index in [4.69, 9.17) is 10.5 Å². The van der Waals surface area contributed by atoms with Crippen molar-refractivity contribution in [2.45, 2.75) is 26.7 Å². The van der Waals surface area contributed by atoms with Crippen molar-refractivity contribution in [2.75, 3.05) is 18.5 Å². The standard InChI is InChI=1S/C11H17N3O3S/c1-3-17-11(16)9-7(2)14-18-10(9)13-6-4-5-8(12)15/h13H,3-6H2,1-2H3,(H2,12,15). The van der Waals surface area contributed by atoms with E-state index in [-0.39, 0.29) is 11.9 Å². The molecule has 6 nitrogen and oxygen atoms in total. The van der Waals surface area contributed by atoms with Gasteiger partial charge in [-0.25, -0.2) is 4.79 Å². The van der Waals surface area contributed by atoms with Crippen LogP contribution in [0.1, 0.15) is 35.8 Å². The maximum Gasteiger partial charge on any atom is 0.343 e. The minimum atomic E-state index is -0.374. The summed E-state index contributed by atoms with van der Waals surface area (Å²) in [6.07, 6.45) is 0.939. The van der Waals surface area contributed by atoms with Crippen LogP contribution in [-0.4, -0.2) is 29.4 Å². The number of amides is 1. The van der Waals surface area contributed by atoms with E-state index in [0.29, 0.717) is 42.3 Å². The van der Waals surface area contributed by atoms with Gasteiger partial charge in [0.05, 0.1) is 12.3 Å². The molecular formula is C11H17N3O3S. The first-order valence-corrected chi connectivity index (χ1v) is 6.49. The number of hydrogen-bond donors (Lipinski definition) is 2. The lowest BCUT2D eigenvalue weighted by Crippen LogP contribution is -2.13. The number of aromatic nitrogens is 1. The van der Waals surface area contributed by atoms with Crippen LogP contribution in [0.5, 0.6) is 0 Å². The molecule has 0 aliphatic carbocycles. The number of ether oxygens (including phenoxy) is 1.